The molecule has 0 spiro atoms. The molecule has 104 valence electrons. The Bertz CT molecular complexity index is 187. The smallest absolute Gasteiger partial charge is 0.185 e. The van der Waals surface area contributed by atoms with Crippen LogP contribution in [0.1, 0.15) is 47.0 Å². The molecule has 0 aromatic carbocycles. The second-order valence-electron chi connectivity index (χ2n) is 3.38. The van der Waals surface area contributed by atoms with E-state index in [4.69, 9.17) is 11.5 Å². The van der Waals surface area contributed by atoms with Crippen molar-refractivity contribution in [2.75, 3.05) is 13.6 Å². The maximum absolute atomic E-state index is 11.2. The summed E-state index contributed by atoms with van der Waals surface area (Å²) in [5.74, 6) is 0.572. The van der Waals surface area contributed by atoms with Crippen LogP contribution in [0.4, 0.5) is 0 Å². The summed E-state index contributed by atoms with van der Waals surface area (Å²) in [7, 11) is 1.50. The molecule has 6 N–H and O–H groups in total. The molecule has 0 amide bonds. The number of hydrogen-bond acceptors (Lipinski definition) is 3. The summed E-state index contributed by atoms with van der Waals surface area (Å²) in [4.78, 5) is 15.0. The Kier molecular flexibility index (Phi) is 21.6. The van der Waals surface area contributed by atoms with Gasteiger partial charge in [0.25, 0.3) is 0 Å². The van der Waals surface area contributed by atoms with E-state index in [1.165, 1.54) is 7.05 Å². The Morgan fingerprint density at radius 2 is 1.59 bits per heavy atom. The van der Waals surface area contributed by atoms with E-state index < -0.39 is 0 Å². The van der Waals surface area contributed by atoms with Gasteiger partial charge < -0.3 is 17.2 Å². The minimum atomic E-state index is 0.121. The molecule has 0 unspecified atom stereocenters. The van der Waals surface area contributed by atoms with E-state index in [9.17, 15) is 4.79 Å². The summed E-state index contributed by atoms with van der Waals surface area (Å²) in [6, 6.07) is 0. The lowest BCUT2D eigenvalue weighted by atomic mass is 10.0. The van der Waals surface area contributed by atoms with Crippen LogP contribution in [-0.4, -0.2) is 25.3 Å². The predicted molar refractivity (Wildman–Crippen MR) is 75.8 cm³/mol. The van der Waals surface area contributed by atoms with Crippen LogP contribution >= 0.6 is 0 Å². The zero-order valence-electron chi connectivity index (χ0n) is 12.0. The van der Waals surface area contributed by atoms with Crippen molar-refractivity contribution in [3.63, 3.8) is 0 Å². The van der Waals surface area contributed by atoms with Crippen LogP contribution in [0.2, 0.25) is 0 Å². The highest BCUT2D eigenvalue weighted by Gasteiger charge is 2.05. The monoisotopic (exact) mass is 246 g/mol. The maximum atomic E-state index is 11.2. The van der Waals surface area contributed by atoms with Crippen molar-refractivity contribution in [3.8, 4) is 0 Å². The van der Waals surface area contributed by atoms with Gasteiger partial charge in [-0.25, -0.2) is 0 Å². The van der Waals surface area contributed by atoms with Crippen molar-refractivity contribution in [1.82, 2.24) is 0 Å². The van der Waals surface area contributed by atoms with Gasteiger partial charge in [-0.1, -0.05) is 27.7 Å². The number of carbonyl (C=O) groups is 1. The van der Waals surface area contributed by atoms with Crippen LogP contribution < -0.4 is 17.2 Å². The summed E-state index contributed by atoms with van der Waals surface area (Å²) in [5, 5.41) is 0. The average molecular weight is 246 g/mol. The van der Waals surface area contributed by atoms with Gasteiger partial charge in [-0.15, -0.1) is 0 Å². The minimum absolute atomic E-state index is 0.121. The molecule has 5 nitrogen and oxygen atoms in total. The first-order chi connectivity index (χ1) is 8.04. The van der Waals surface area contributed by atoms with Crippen molar-refractivity contribution < 1.29 is 4.79 Å². The van der Waals surface area contributed by atoms with Crippen molar-refractivity contribution in [2.45, 2.75) is 47.0 Å². The molecule has 0 heterocycles. The van der Waals surface area contributed by atoms with E-state index in [1.54, 1.807) is 0 Å². The predicted octanol–water partition coefficient (Wildman–Crippen LogP) is 1.26. The van der Waals surface area contributed by atoms with Gasteiger partial charge in [0.15, 0.2) is 5.96 Å². The Labute approximate surface area is 106 Å². The Hall–Kier alpha value is -1.10. The van der Waals surface area contributed by atoms with Crippen LogP contribution in [-0.2, 0) is 4.79 Å². The molecule has 0 aromatic heterocycles. The summed E-state index contributed by atoms with van der Waals surface area (Å²) in [6.45, 7) is 8.45. The standard InChI is InChI=1S/C9H19N3O.C2H6.CH5N/c1-7(2)8(13)5-3-4-6-12-9(10)11;2*1-2/h7H,3-6H2,1-2H3,(H4,10,11,12);1-2H3;2H2,1H3. The third-order valence-electron chi connectivity index (χ3n) is 1.77. The first-order valence-electron chi connectivity index (χ1n) is 6.20. The van der Waals surface area contributed by atoms with Crippen LogP contribution in [0, 0.1) is 5.92 Å². The van der Waals surface area contributed by atoms with Crippen molar-refractivity contribution in [3.05, 3.63) is 0 Å². The molecular weight excluding hydrogens is 216 g/mol. The molecule has 0 bridgehead atoms. The van der Waals surface area contributed by atoms with Gasteiger partial charge in [0.2, 0.25) is 0 Å². The number of nitrogens with two attached hydrogens (primary N) is 3. The van der Waals surface area contributed by atoms with E-state index >= 15 is 0 Å². The molecular formula is C12H30N4O. The van der Waals surface area contributed by atoms with Gasteiger partial charge in [-0.3, -0.25) is 9.79 Å². The lowest BCUT2D eigenvalue weighted by molar-refractivity contribution is -0.122. The molecule has 0 aliphatic heterocycles. The first kappa shape index (κ1) is 21.2. The van der Waals surface area contributed by atoms with Gasteiger partial charge in [0, 0.05) is 18.9 Å². The first-order valence-corrected chi connectivity index (χ1v) is 6.20. The number of unbranched alkanes of at least 4 members (excludes halogenated alkanes) is 1. The summed E-state index contributed by atoms with van der Waals surface area (Å²) in [6.07, 6.45) is 2.38. The van der Waals surface area contributed by atoms with Gasteiger partial charge in [-0.2, -0.15) is 0 Å². The molecule has 17 heavy (non-hydrogen) atoms. The fraction of sp³-hybridized carbons (Fsp3) is 0.833. The van der Waals surface area contributed by atoms with E-state index in [1.807, 2.05) is 27.7 Å². The topological polar surface area (TPSA) is 107 Å². The molecule has 0 aliphatic rings. The molecule has 5 heteroatoms. The number of ketones is 1. The molecule has 0 fully saturated rings. The molecule has 0 radical (unpaired) electrons. The second-order valence-corrected chi connectivity index (χ2v) is 3.38. The van der Waals surface area contributed by atoms with Gasteiger partial charge in [-0.05, 0) is 19.9 Å². The maximum Gasteiger partial charge on any atom is 0.185 e. The molecule has 0 rings (SSSR count). The third-order valence-corrected chi connectivity index (χ3v) is 1.77. The number of Topliss-reactive ketones (excluding diaryl/α,β-unsaturated/α-hetero) is 1. The lowest BCUT2D eigenvalue weighted by Crippen LogP contribution is -2.22. The SMILES string of the molecule is CC.CC(C)C(=O)CCCCN=C(N)N.CN. The summed E-state index contributed by atoms with van der Waals surface area (Å²) < 4.78 is 0. The van der Waals surface area contributed by atoms with Crippen molar-refractivity contribution in [1.29, 1.82) is 0 Å². The highest BCUT2D eigenvalue weighted by molar-refractivity contribution is 5.80. The number of rotatable bonds is 6. The number of guanidine groups is 1. The van der Waals surface area contributed by atoms with E-state index in [0.717, 1.165) is 12.8 Å². The van der Waals surface area contributed by atoms with Crippen LogP contribution in [0.15, 0.2) is 4.99 Å². The number of aliphatic imine (C=N–C) groups is 1. The highest BCUT2D eigenvalue weighted by Crippen LogP contribution is 2.03. The van der Waals surface area contributed by atoms with E-state index in [2.05, 4.69) is 10.7 Å². The number of nitrogens with zero attached hydrogens (tertiary/aromatic N) is 1. The highest BCUT2D eigenvalue weighted by atomic mass is 16.1. The van der Waals surface area contributed by atoms with E-state index in [-0.39, 0.29) is 11.9 Å². The van der Waals surface area contributed by atoms with E-state index in [0.29, 0.717) is 18.7 Å². The van der Waals surface area contributed by atoms with Gasteiger partial charge >= 0.3 is 0 Å². The molecule has 0 aromatic rings. The summed E-state index contributed by atoms with van der Waals surface area (Å²) >= 11 is 0. The van der Waals surface area contributed by atoms with Crippen molar-refractivity contribution in [2.24, 2.45) is 28.1 Å². The molecule has 0 atom stereocenters. The lowest BCUT2D eigenvalue weighted by Gasteiger charge is -2.02. The molecule has 0 saturated heterocycles. The second kappa shape index (κ2) is 17.3. The molecule has 0 saturated carbocycles. The van der Waals surface area contributed by atoms with Crippen LogP contribution in [0.25, 0.3) is 0 Å². The Balaban J connectivity index is -0.000000439. The van der Waals surface area contributed by atoms with Gasteiger partial charge in [0.05, 0.1) is 0 Å². The third kappa shape index (κ3) is 20.9. The fourth-order valence-electron chi connectivity index (χ4n) is 0.908. The van der Waals surface area contributed by atoms with Gasteiger partial charge in [0.1, 0.15) is 5.78 Å². The Morgan fingerprint density at radius 1 is 1.12 bits per heavy atom. The van der Waals surface area contributed by atoms with Crippen LogP contribution in [0.3, 0.4) is 0 Å². The zero-order valence-corrected chi connectivity index (χ0v) is 12.0. The number of carbonyl (C=O) groups excluding carboxylic acids is 1. The van der Waals surface area contributed by atoms with Crippen LogP contribution in [0.5, 0.6) is 0 Å². The quantitative estimate of drug-likeness (QED) is 0.372. The minimum Gasteiger partial charge on any atom is -0.370 e. The average Bonchev–Trinajstić information content (AvgIpc) is 2.33. The largest absolute Gasteiger partial charge is 0.370 e. The normalized spacial score (nSPS) is 8.41. The van der Waals surface area contributed by atoms with Crippen molar-refractivity contribution >= 4 is 11.7 Å². The number of hydrogen-bond donors (Lipinski definition) is 3. The molecule has 0 aliphatic carbocycles. The zero-order chi connectivity index (χ0) is 14.3. The summed E-state index contributed by atoms with van der Waals surface area (Å²) in [5.41, 5.74) is 14.8. The fourth-order valence-corrected chi connectivity index (χ4v) is 0.908. The Morgan fingerprint density at radius 3 is 1.94 bits per heavy atom.